The van der Waals surface area contributed by atoms with Crippen molar-refractivity contribution in [3.05, 3.63) is 53.0 Å². The first-order valence-corrected chi connectivity index (χ1v) is 14.9. The number of aryl methyl sites for hydroxylation is 2. The molecule has 36 heavy (non-hydrogen) atoms. The first-order valence-electron chi connectivity index (χ1n) is 13.1. The molecule has 4 rings (SSSR count). The number of thioether (sulfide) groups is 1. The van der Waals surface area contributed by atoms with Crippen molar-refractivity contribution in [2.24, 2.45) is 11.8 Å². The maximum atomic E-state index is 11.3. The van der Waals surface area contributed by atoms with Gasteiger partial charge in [0.15, 0.2) is 0 Å². The number of carboxylic acid groups (broad SMARTS) is 1. The van der Waals surface area contributed by atoms with Crippen molar-refractivity contribution in [1.82, 2.24) is 9.88 Å². The van der Waals surface area contributed by atoms with Crippen LogP contribution in [0.2, 0.25) is 0 Å². The summed E-state index contributed by atoms with van der Waals surface area (Å²) in [5.41, 5.74) is 3.71. The molecule has 1 aliphatic rings. The summed E-state index contributed by atoms with van der Waals surface area (Å²) in [5.74, 6) is 2.40. The van der Waals surface area contributed by atoms with Crippen LogP contribution in [0.3, 0.4) is 0 Å². The van der Waals surface area contributed by atoms with E-state index in [-0.39, 0.29) is 6.42 Å². The number of carbonyl (C=O) groups is 1. The van der Waals surface area contributed by atoms with E-state index < -0.39 is 5.97 Å². The summed E-state index contributed by atoms with van der Waals surface area (Å²) in [7, 11) is 1.70. The van der Waals surface area contributed by atoms with Crippen LogP contribution < -0.4 is 4.74 Å². The molecule has 0 saturated carbocycles. The molecule has 0 radical (unpaired) electrons. The normalized spacial score (nSPS) is 18.5. The average Bonchev–Trinajstić information content (AvgIpc) is 3.30. The number of hydrogen-bond acceptors (Lipinski definition) is 6. The number of aliphatic carboxylic acids is 1. The topological polar surface area (TPSA) is 62.7 Å². The summed E-state index contributed by atoms with van der Waals surface area (Å²) < 4.78 is 6.86. The van der Waals surface area contributed by atoms with Gasteiger partial charge in [-0.3, -0.25) is 9.78 Å². The van der Waals surface area contributed by atoms with Crippen molar-refractivity contribution < 1.29 is 14.6 Å². The maximum absolute atomic E-state index is 11.3. The van der Waals surface area contributed by atoms with Crippen molar-refractivity contribution >= 4 is 40.0 Å². The molecule has 1 aromatic carbocycles. The predicted octanol–water partition coefficient (Wildman–Crippen LogP) is 6.92. The molecule has 1 aliphatic heterocycles. The van der Waals surface area contributed by atoms with Gasteiger partial charge < -0.3 is 14.7 Å². The summed E-state index contributed by atoms with van der Waals surface area (Å²) >= 11 is 3.81. The second-order valence-corrected chi connectivity index (χ2v) is 12.2. The largest absolute Gasteiger partial charge is 0.497 e. The number of piperidine rings is 1. The summed E-state index contributed by atoms with van der Waals surface area (Å²) in [6.45, 7) is 5.46. The summed E-state index contributed by atoms with van der Waals surface area (Å²) in [6, 6.07) is 10.4. The molecule has 0 spiro atoms. The van der Waals surface area contributed by atoms with Crippen LogP contribution in [0, 0.1) is 18.8 Å². The van der Waals surface area contributed by atoms with Gasteiger partial charge in [0.25, 0.3) is 0 Å². The van der Waals surface area contributed by atoms with Crippen molar-refractivity contribution in [3.63, 3.8) is 0 Å². The second kappa shape index (κ2) is 13.5. The standard InChI is InChI=1S/C29H38N2O3S2/c1-21-13-18-36-29(21)35-17-4-15-31-16-12-22(24(20-31)7-10-28(32)33)5-3-6-23-11-14-30-27-9-8-25(34-2)19-26(23)27/h8-9,11,13-14,18-19,22,24H,3-7,10,12,15-17,20H2,1-2H3,(H,32,33)/t22-,24+/m1/s1. The maximum Gasteiger partial charge on any atom is 0.303 e. The fraction of sp³-hybridized carbons (Fsp3) is 0.517. The number of carboxylic acids is 1. The van der Waals surface area contributed by atoms with E-state index in [1.54, 1.807) is 7.11 Å². The summed E-state index contributed by atoms with van der Waals surface area (Å²) in [4.78, 5) is 18.4. The lowest BCUT2D eigenvalue weighted by molar-refractivity contribution is -0.137. The molecule has 1 saturated heterocycles. The molecule has 0 amide bonds. The molecule has 5 nitrogen and oxygen atoms in total. The number of likely N-dealkylation sites (tertiary alicyclic amines) is 1. The highest BCUT2D eigenvalue weighted by Gasteiger charge is 2.29. The van der Waals surface area contributed by atoms with E-state index in [0.717, 1.165) is 62.3 Å². The van der Waals surface area contributed by atoms with E-state index in [2.05, 4.69) is 40.4 Å². The van der Waals surface area contributed by atoms with Crippen molar-refractivity contribution in [1.29, 1.82) is 0 Å². The molecule has 0 bridgehead atoms. The van der Waals surface area contributed by atoms with E-state index in [4.69, 9.17) is 4.74 Å². The Morgan fingerprint density at radius 1 is 1.22 bits per heavy atom. The minimum Gasteiger partial charge on any atom is -0.497 e. The third-order valence-electron chi connectivity index (χ3n) is 7.43. The lowest BCUT2D eigenvalue weighted by atomic mass is 9.79. The van der Waals surface area contributed by atoms with Crippen LogP contribution in [-0.4, -0.2) is 53.5 Å². The molecular weight excluding hydrogens is 488 g/mol. The minimum absolute atomic E-state index is 0.275. The van der Waals surface area contributed by atoms with Gasteiger partial charge in [0.05, 0.1) is 16.8 Å². The van der Waals surface area contributed by atoms with E-state index in [1.807, 2.05) is 41.4 Å². The monoisotopic (exact) mass is 526 g/mol. The molecule has 0 unspecified atom stereocenters. The molecule has 3 aromatic rings. The Kier molecular flexibility index (Phi) is 10.1. The number of methoxy groups -OCH3 is 1. The van der Waals surface area contributed by atoms with Crippen LogP contribution in [0.25, 0.3) is 10.9 Å². The van der Waals surface area contributed by atoms with E-state index in [1.165, 1.54) is 33.6 Å². The second-order valence-electron chi connectivity index (χ2n) is 9.88. The number of nitrogens with zero attached hydrogens (tertiary/aromatic N) is 2. The van der Waals surface area contributed by atoms with E-state index >= 15 is 0 Å². The first-order chi connectivity index (χ1) is 17.5. The van der Waals surface area contributed by atoms with Crippen LogP contribution >= 0.6 is 23.1 Å². The van der Waals surface area contributed by atoms with Crippen molar-refractivity contribution in [3.8, 4) is 5.75 Å². The molecule has 194 valence electrons. The van der Waals surface area contributed by atoms with Gasteiger partial charge in [-0.05, 0) is 117 Å². The van der Waals surface area contributed by atoms with Gasteiger partial charge in [0.2, 0.25) is 0 Å². The molecular formula is C29H38N2O3S2. The van der Waals surface area contributed by atoms with Gasteiger partial charge >= 0.3 is 5.97 Å². The van der Waals surface area contributed by atoms with Crippen LogP contribution in [0.5, 0.6) is 5.75 Å². The number of rotatable bonds is 13. The Bertz CT molecular complexity index is 1130. The SMILES string of the molecule is COc1ccc2nccc(CCC[C@@H]3CCN(CCCSc4sccc4C)C[C@@H]3CCC(=O)O)c2c1. The highest BCUT2D eigenvalue weighted by molar-refractivity contribution is 8.01. The summed E-state index contributed by atoms with van der Waals surface area (Å²) in [6.07, 6.45) is 8.59. The molecule has 2 atom stereocenters. The number of hydrogen-bond donors (Lipinski definition) is 1. The molecule has 1 N–H and O–H groups in total. The van der Waals surface area contributed by atoms with Crippen LogP contribution in [0.1, 0.15) is 49.7 Å². The highest BCUT2D eigenvalue weighted by Crippen LogP contribution is 2.33. The van der Waals surface area contributed by atoms with Gasteiger partial charge in [-0.15, -0.1) is 23.1 Å². The summed E-state index contributed by atoms with van der Waals surface area (Å²) in [5, 5.41) is 12.7. The lowest BCUT2D eigenvalue weighted by Crippen LogP contribution is -2.41. The Hall–Kier alpha value is -2.09. The number of thiophene rings is 1. The lowest BCUT2D eigenvalue weighted by Gasteiger charge is -2.39. The zero-order valence-electron chi connectivity index (χ0n) is 21.4. The fourth-order valence-electron chi connectivity index (χ4n) is 5.42. The quantitative estimate of drug-likeness (QED) is 0.193. The molecule has 1 fully saturated rings. The molecule has 3 heterocycles. The molecule has 2 aromatic heterocycles. The Morgan fingerprint density at radius 2 is 2.11 bits per heavy atom. The zero-order valence-corrected chi connectivity index (χ0v) is 23.1. The van der Waals surface area contributed by atoms with Crippen LogP contribution in [-0.2, 0) is 11.2 Å². The Balaban J connectivity index is 1.29. The van der Waals surface area contributed by atoms with Gasteiger partial charge in [-0.1, -0.05) is 0 Å². The number of benzene rings is 1. The number of pyridine rings is 1. The number of aromatic nitrogens is 1. The van der Waals surface area contributed by atoms with Crippen LogP contribution in [0.15, 0.2) is 46.1 Å². The third-order valence-corrected chi connectivity index (χ3v) is 9.96. The van der Waals surface area contributed by atoms with Gasteiger partial charge in [0.1, 0.15) is 5.75 Å². The smallest absolute Gasteiger partial charge is 0.303 e. The third kappa shape index (κ3) is 7.46. The van der Waals surface area contributed by atoms with Gasteiger partial charge in [-0.2, -0.15) is 0 Å². The predicted molar refractivity (Wildman–Crippen MR) is 151 cm³/mol. The minimum atomic E-state index is -0.675. The van der Waals surface area contributed by atoms with Crippen molar-refractivity contribution in [2.75, 3.05) is 32.5 Å². The average molecular weight is 527 g/mol. The zero-order chi connectivity index (χ0) is 25.3. The number of fused-ring (bicyclic) bond motifs is 1. The molecule has 0 aliphatic carbocycles. The Morgan fingerprint density at radius 3 is 2.89 bits per heavy atom. The van der Waals surface area contributed by atoms with Gasteiger partial charge in [-0.25, -0.2) is 0 Å². The number of ether oxygens (including phenoxy) is 1. The van der Waals surface area contributed by atoms with E-state index in [9.17, 15) is 9.90 Å². The first kappa shape index (κ1) is 27.0. The van der Waals surface area contributed by atoms with Crippen LogP contribution in [0.4, 0.5) is 0 Å². The van der Waals surface area contributed by atoms with E-state index in [0.29, 0.717) is 11.8 Å². The van der Waals surface area contributed by atoms with Crippen molar-refractivity contribution in [2.45, 2.75) is 56.1 Å². The highest BCUT2D eigenvalue weighted by atomic mass is 32.2. The van der Waals surface area contributed by atoms with Gasteiger partial charge in [0, 0.05) is 30.3 Å². The molecule has 7 heteroatoms. The Labute approximate surface area is 223 Å². The fourth-order valence-corrected chi connectivity index (χ4v) is 7.51.